The summed E-state index contributed by atoms with van der Waals surface area (Å²) < 4.78 is 19.7. The van der Waals surface area contributed by atoms with Gasteiger partial charge < -0.3 is 9.88 Å². The monoisotopic (exact) mass is 439 g/mol. The number of hydrogen-bond donors (Lipinski definition) is 1. The number of nitrogens with one attached hydrogen (secondary N) is 1. The first-order valence-electron chi connectivity index (χ1n) is 10.8. The van der Waals surface area contributed by atoms with E-state index in [2.05, 4.69) is 19.8 Å². The maximum absolute atomic E-state index is 13.4. The first kappa shape index (κ1) is 20.7. The molecule has 9 nitrogen and oxygen atoms in total. The van der Waals surface area contributed by atoms with Crippen molar-refractivity contribution in [3.8, 4) is 0 Å². The molecule has 1 aromatic carbocycles. The molecule has 0 atom stereocenters. The summed E-state index contributed by atoms with van der Waals surface area (Å²) in [6, 6.07) is 5.80. The fraction of sp³-hybridized carbons (Fsp3) is 0.409. The molecular formula is C22H26FN7O2. The largest absolute Gasteiger partial charge is 0.332 e. The zero-order valence-corrected chi connectivity index (χ0v) is 18.2. The number of imidazole rings is 2. The molecule has 0 bridgehead atoms. The van der Waals surface area contributed by atoms with Gasteiger partial charge >= 0.3 is 5.69 Å². The smallest absolute Gasteiger partial charge is 0.314 e. The molecule has 168 valence electrons. The van der Waals surface area contributed by atoms with E-state index in [0.717, 1.165) is 45.0 Å². The van der Waals surface area contributed by atoms with Gasteiger partial charge in [-0.25, -0.2) is 9.18 Å². The Morgan fingerprint density at radius 3 is 2.50 bits per heavy atom. The number of piperazine rings is 1. The molecule has 4 heterocycles. The maximum Gasteiger partial charge on any atom is 0.332 e. The van der Waals surface area contributed by atoms with Gasteiger partial charge in [0.15, 0.2) is 11.2 Å². The van der Waals surface area contributed by atoms with E-state index in [4.69, 9.17) is 0 Å². The topological polar surface area (TPSA) is 81.5 Å². The Hall–Kier alpha value is -3.24. The minimum Gasteiger partial charge on any atom is -0.314 e. The summed E-state index contributed by atoms with van der Waals surface area (Å²) in [4.78, 5) is 33.4. The van der Waals surface area contributed by atoms with Crippen LogP contribution in [0.2, 0.25) is 0 Å². The number of hydrogen-bond acceptors (Lipinski definition) is 5. The average Bonchev–Trinajstić information content (AvgIpc) is 3.30. The zero-order valence-electron chi connectivity index (χ0n) is 18.2. The molecule has 0 amide bonds. The molecule has 0 radical (unpaired) electrons. The normalized spacial score (nSPS) is 15.2. The minimum atomic E-state index is -0.448. The lowest BCUT2D eigenvalue weighted by Crippen LogP contribution is -2.44. The molecule has 5 rings (SSSR count). The van der Waals surface area contributed by atoms with Crippen LogP contribution >= 0.6 is 0 Å². The van der Waals surface area contributed by atoms with E-state index in [1.54, 1.807) is 23.6 Å². The number of aromatic nitrogens is 5. The van der Waals surface area contributed by atoms with Crippen molar-refractivity contribution in [3.63, 3.8) is 0 Å². The van der Waals surface area contributed by atoms with Crippen LogP contribution < -0.4 is 16.6 Å². The lowest BCUT2D eigenvalue weighted by atomic mass is 10.2. The second-order valence-electron chi connectivity index (χ2n) is 8.33. The summed E-state index contributed by atoms with van der Waals surface area (Å²) in [5.74, 6) is 0.291. The number of rotatable bonds is 5. The van der Waals surface area contributed by atoms with Crippen LogP contribution in [0, 0.1) is 12.7 Å². The van der Waals surface area contributed by atoms with Gasteiger partial charge in [-0.3, -0.25) is 23.2 Å². The molecule has 1 fully saturated rings. The van der Waals surface area contributed by atoms with Crippen LogP contribution in [0.4, 0.5) is 4.39 Å². The van der Waals surface area contributed by atoms with Gasteiger partial charge in [-0.1, -0.05) is 12.1 Å². The first-order chi connectivity index (χ1) is 15.4. The molecule has 0 saturated carbocycles. The van der Waals surface area contributed by atoms with E-state index in [-0.39, 0.29) is 12.4 Å². The lowest BCUT2D eigenvalue weighted by molar-refractivity contribution is 0.233. The van der Waals surface area contributed by atoms with Gasteiger partial charge in [-0.05, 0) is 24.6 Å². The third kappa shape index (κ3) is 3.45. The second kappa shape index (κ2) is 8.03. The molecule has 1 aliphatic heterocycles. The third-order valence-corrected chi connectivity index (χ3v) is 6.24. The van der Waals surface area contributed by atoms with Crippen LogP contribution in [-0.4, -0.2) is 60.7 Å². The van der Waals surface area contributed by atoms with E-state index in [1.165, 1.54) is 21.3 Å². The second-order valence-corrected chi connectivity index (χ2v) is 8.33. The van der Waals surface area contributed by atoms with Crippen molar-refractivity contribution in [2.24, 2.45) is 7.05 Å². The summed E-state index contributed by atoms with van der Waals surface area (Å²) in [7, 11) is 1.62. The predicted octanol–water partition coefficient (Wildman–Crippen LogP) is 0.550. The zero-order chi connectivity index (χ0) is 22.4. The van der Waals surface area contributed by atoms with Gasteiger partial charge in [-0.2, -0.15) is 4.98 Å². The average molecular weight is 439 g/mol. The summed E-state index contributed by atoms with van der Waals surface area (Å²) >= 11 is 0. The number of nitrogens with zero attached hydrogens (tertiary/aromatic N) is 6. The molecule has 0 unspecified atom stereocenters. The Morgan fingerprint density at radius 1 is 1.06 bits per heavy atom. The van der Waals surface area contributed by atoms with Gasteiger partial charge in [0, 0.05) is 58.2 Å². The van der Waals surface area contributed by atoms with Crippen LogP contribution in [0.5, 0.6) is 0 Å². The summed E-state index contributed by atoms with van der Waals surface area (Å²) in [6.07, 6.45) is 1.90. The van der Waals surface area contributed by atoms with Crippen molar-refractivity contribution in [1.29, 1.82) is 0 Å². The third-order valence-electron chi connectivity index (χ3n) is 6.24. The van der Waals surface area contributed by atoms with E-state index in [9.17, 15) is 14.0 Å². The van der Waals surface area contributed by atoms with E-state index < -0.39 is 11.2 Å². The van der Waals surface area contributed by atoms with Gasteiger partial charge in [0.1, 0.15) is 5.82 Å². The molecule has 0 spiro atoms. The maximum atomic E-state index is 13.4. The standard InChI is InChI=1S/C22H26FN7O2/c1-15-13-29-18-19(25-21(29)28(15)12-11-27-9-7-24-8-10-27)26(2)22(32)30(20(18)31)14-16-3-5-17(23)6-4-16/h3-6,13,24H,7-12,14H2,1-2H3. The molecule has 3 aromatic heterocycles. The molecule has 4 aromatic rings. The Labute approximate surface area is 183 Å². The highest BCUT2D eigenvalue weighted by atomic mass is 19.1. The Morgan fingerprint density at radius 2 is 1.78 bits per heavy atom. The first-order valence-corrected chi connectivity index (χ1v) is 10.8. The molecule has 1 saturated heterocycles. The van der Waals surface area contributed by atoms with Gasteiger partial charge in [0.25, 0.3) is 5.56 Å². The number of halogens is 1. The fourth-order valence-corrected chi connectivity index (χ4v) is 4.42. The molecule has 0 aliphatic carbocycles. The number of aryl methyl sites for hydroxylation is 2. The van der Waals surface area contributed by atoms with Crippen LogP contribution in [0.15, 0.2) is 40.1 Å². The van der Waals surface area contributed by atoms with Crippen molar-refractivity contribution in [2.45, 2.75) is 20.0 Å². The minimum absolute atomic E-state index is 0.0671. The quantitative estimate of drug-likeness (QED) is 0.491. The highest BCUT2D eigenvalue weighted by Crippen LogP contribution is 2.16. The Bertz CT molecular complexity index is 1410. The van der Waals surface area contributed by atoms with Gasteiger partial charge in [-0.15, -0.1) is 0 Å². The van der Waals surface area contributed by atoms with Crippen LogP contribution in [0.3, 0.4) is 0 Å². The van der Waals surface area contributed by atoms with E-state index >= 15 is 0 Å². The SMILES string of the molecule is Cc1cn2c3c(=O)n(Cc4ccc(F)cc4)c(=O)n(C)c3nc2n1CCN1CCNCC1. The Balaban J connectivity index is 1.58. The van der Waals surface area contributed by atoms with Crippen molar-refractivity contribution in [1.82, 2.24) is 33.3 Å². The van der Waals surface area contributed by atoms with Crippen LogP contribution in [0.1, 0.15) is 11.3 Å². The highest BCUT2D eigenvalue weighted by molar-refractivity contribution is 5.75. The van der Waals surface area contributed by atoms with Crippen molar-refractivity contribution >= 4 is 16.9 Å². The molecule has 1 aliphatic rings. The van der Waals surface area contributed by atoms with Crippen molar-refractivity contribution in [2.75, 3.05) is 32.7 Å². The van der Waals surface area contributed by atoms with E-state index in [1.807, 2.05) is 13.1 Å². The number of fused-ring (bicyclic) bond motifs is 3. The fourth-order valence-electron chi connectivity index (χ4n) is 4.42. The molecule has 1 N–H and O–H groups in total. The summed E-state index contributed by atoms with van der Waals surface area (Å²) in [6.45, 7) is 7.71. The van der Waals surface area contributed by atoms with Crippen molar-refractivity contribution < 1.29 is 4.39 Å². The molecule has 32 heavy (non-hydrogen) atoms. The molecular weight excluding hydrogens is 413 g/mol. The van der Waals surface area contributed by atoms with Crippen molar-refractivity contribution in [3.05, 3.63) is 68.4 Å². The van der Waals surface area contributed by atoms with Gasteiger partial charge in [0.2, 0.25) is 5.78 Å². The highest BCUT2D eigenvalue weighted by Gasteiger charge is 2.21. The molecule has 10 heteroatoms. The van der Waals surface area contributed by atoms with Gasteiger partial charge in [0.05, 0.1) is 6.54 Å². The number of benzene rings is 1. The summed E-state index contributed by atoms with van der Waals surface area (Å²) in [5, 5.41) is 3.36. The van der Waals surface area contributed by atoms with Crippen LogP contribution in [-0.2, 0) is 20.1 Å². The van der Waals surface area contributed by atoms with Crippen LogP contribution in [0.25, 0.3) is 16.9 Å². The Kier molecular flexibility index (Phi) is 5.18. The van der Waals surface area contributed by atoms with E-state index in [0.29, 0.717) is 22.5 Å². The predicted molar refractivity (Wildman–Crippen MR) is 120 cm³/mol. The summed E-state index contributed by atoms with van der Waals surface area (Å²) in [5.41, 5.74) is 1.56. The lowest BCUT2D eigenvalue weighted by Gasteiger charge is -2.27.